The van der Waals surface area contributed by atoms with E-state index in [0.29, 0.717) is 6.54 Å². The SMILES string of the molecule is CCC(N)(CC)Cn1cncc1-c1cccc(F)c1. The van der Waals surface area contributed by atoms with Crippen LogP contribution in [0.4, 0.5) is 4.39 Å². The number of hydrogen-bond acceptors (Lipinski definition) is 2. The summed E-state index contributed by atoms with van der Waals surface area (Å²) in [5.41, 5.74) is 7.82. The van der Waals surface area contributed by atoms with Gasteiger partial charge in [0.15, 0.2) is 0 Å². The highest BCUT2D eigenvalue weighted by Gasteiger charge is 2.22. The standard InChI is InChI=1S/C15H20FN3/c1-3-15(17,4-2)10-19-11-18-9-14(19)12-6-5-7-13(16)8-12/h5-9,11H,3-4,10,17H2,1-2H3. The Morgan fingerprint density at radius 1 is 1.32 bits per heavy atom. The van der Waals surface area contributed by atoms with Gasteiger partial charge in [0.2, 0.25) is 0 Å². The van der Waals surface area contributed by atoms with Gasteiger partial charge in [0.1, 0.15) is 5.82 Å². The summed E-state index contributed by atoms with van der Waals surface area (Å²) in [6.45, 7) is 4.86. The molecule has 19 heavy (non-hydrogen) atoms. The van der Waals surface area contributed by atoms with Crippen LogP contribution in [0.1, 0.15) is 26.7 Å². The number of halogens is 1. The van der Waals surface area contributed by atoms with Crippen LogP contribution in [-0.4, -0.2) is 15.1 Å². The van der Waals surface area contributed by atoms with Crippen LogP contribution in [0.5, 0.6) is 0 Å². The third-order valence-corrected chi connectivity index (χ3v) is 3.73. The van der Waals surface area contributed by atoms with Gasteiger partial charge in [0.25, 0.3) is 0 Å². The molecule has 0 spiro atoms. The first kappa shape index (κ1) is 13.7. The molecule has 0 amide bonds. The van der Waals surface area contributed by atoms with Gasteiger partial charge < -0.3 is 10.3 Å². The lowest BCUT2D eigenvalue weighted by Crippen LogP contribution is -2.42. The monoisotopic (exact) mass is 261 g/mol. The Bertz CT molecular complexity index is 544. The van der Waals surface area contributed by atoms with Crippen molar-refractivity contribution in [3.63, 3.8) is 0 Å². The fourth-order valence-electron chi connectivity index (χ4n) is 2.15. The van der Waals surface area contributed by atoms with E-state index in [9.17, 15) is 4.39 Å². The molecule has 4 heteroatoms. The number of nitrogens with two attached hydrogens (primary N) is 1. The normalized spacial score (nSPS) is 11.8. The first-order valence-corrected chi connectivity index (χ1v) is 6.63. The second kappa shape index (κ2) is 5.53. The molecule has 0 aliphatic heterocycles. The summed E-state index contributed by atoms with van der Waals surface area (Å²) < 4.78 is 15.3. The van der Waals surface area contributed by atoms with Crippen molar-refractivity contribution in [1.29, 1.82) is 0 Å². The van der Waals surface area contributed by atoms with Crippen molar-refractivity contribution in [2.24, 2.45) is 5.73 Å². The Morgan fingerprint density at radius 3 is 2.68 bits per heavy atom. The zero-order chi connectivity index (χ0) is 13.9. The van der Waals surface area contributed by atoms with E-state index in [4.69, 9.17) is 5.73 Å². The van der Waals surface area contributed by atoms with Crippen LogP contribution >= 0.6 is 0 Å². The molecule has 0 aliphatic carbocycles. The summed E-state index contributed by atoms with van der Waals surface area (Å²) in [4.78, 5) is 4.17. The molecule has 0 unspecified atom stereocenters. The number of hydrogen-bond donors (Lipinski definition) is 1. The van der Waals surface area contributed by atoms with Gasteiger partial charge in [-0.3, -0.25) is 0 Å². The quantitative estimate of drug-likeness (QED) is 0.898. The molecule has 1 aromatic heterocycles. The smallest absolute Gasteiger partial charge is 0.123 e. The summed E-state index contributed by atoms with van der Waals surface area (Å²) in [5, 5.41) is 0. The Labute approximate surface area is 113 Å². The van der Waals surface area contributed by atoms with Crippen LogP contribution in [-0.2, 0) is 6.54 Å². The van der Waals surface area contributed by atoms with E-state index in [0.717, 1.165) is 24.1 Å². The first-order valence-electron chi connectivity index (χ1n) is 6.63. The molecule has 2 aromatic rings. The molecule has 3 nitrogen and oxygen atoms in total. The van der Waals surface area contributed by atoms with Crippen molar-refractivity contribution in [1.82, 2.24) is 9.55 Å². The van der Waals surface area contributed by atoms with Gasteiger partial charge in [-0.1, -0.05) is 26.0 Å². The topological polar surface area (TPSA) is 43.8 Å². The molecule has 102 valence electrons. The van der Waals surface area contributed by atoms with Gasteiger partial charge >= 0.3 is 0 Å². The zero-order valence-corrected chi connectivity index (χ0v) is 11.4. The minimum absolute atomic E-state index is 0.241. The number of nitrogens with zero attached hydrogens (tertiary/aromatic N) is 2. The van der Waals surface area contributed by atoms with Crippen LogP contribution in [0.25, 0.3) is 11.3 Å². The van der Waals surface area contributed by atoms with E-state index in [1.807, 2.05) is 10.6 Å². The van der Waals surface area contributed by atoms with Gasteiger partial charge in [-0.2, -0.15) is 0 Å². The van der Waals surface area contributed by atoms with Crippen LogP contribution in [0.2, 0.25) is 0 Å². The Morgan fingerprint density at radius 2 is 2.05 bits per heavy atom. The molecular formula is C15H20FN3. The highest BCUT2D eigenvalue weighted by Crippen LogP contribution is 2.23. The largest absolute Gasteiger partial charge is 0.329 e. The van der Waals surface area contributed by atoms with Crippen molar-refractivity contribution in [2.75, 3.05) is 0 Å². The number of benzene rings is 1. The summed E-state index contributed by atoms with van der Waals surface area (Å²) in [5.74, 6) is -0.241. The van der Waals surface area contributed by atoms with Gasteiger partial charge in [0, 0.05) is 17.6 Å². The van der Waals surface area contributed by atoms with E-state index in [1.54, 1.807) is 18.6 Å². The summed E-state index contributed by atoms with van der Waals surface area (Å²) in [6, 6.07) is 6.54. The Hall–Kier alpha value is -1.68. The molecule has 0 radical (unpaired) electrons. The van der Waals surface area contributed by atoms with Crippen molar-refractivity contribution in [3.05, 3.63) is 42.6 Å². The van der Waals surface area contributed by atoms with Crippen molar-refractivity contribution in [3.8, 4) is 11.3 Å². The summed E-state index contributed by atoms with van der Waals surface area (Å²) in [7, 11) is 0. The van der Waals surface area contributed by atoms with Crippen LogP contribution in [0, 0.1) is 5.82 Å². The van der Waals surface area contributed by atoms with Gasteiger partial charge in [-0.25, -0.2) is 9.37 Å². The van der Waals surface area contributed by atoms with Crippen molar-refractivity contribution >= 4 is 0 Å². The van der Waals surface area contributed by atoms with Gasteiger partial charge in [-0.05, 0) is 25.0 Å². The van der Waals surface area contributed by atoms with Crippen LogP contribution < -0.4 is 5.73 Å². The average Bonchev–Trinajstić information content (AvgIpc) is 2.86. The lowest BCUT2D eigenvalue weighted by Gasteiger charge is -2.27. The van der Waals surface area contributed by atoms with Crippen molar-refractivity contribution < 1.29 is 4.39 Å². The van der Waals surface area contributed by atoms with Crippen LogP contribution in [0.15, 0.2) is 36.8 Å². The minimum Gasteiger partial charge on any atom is -0.329 e. The molecular weight excluding hydrogens is 241 g/mol. The van der Waals surface area contributed by atoms with Gasteiger partial charge in [0.05, 0.1) is 18.2 Å². The highest BCUT2D eigenvalue weighted by atomic mass is 19.1. The number of aromatic nitrogens is 2. The molecule has 2 N–H and O–H groups in total. The van der Waals surface area contributed by atoms with E-state index in [1.165, 1.54) is 12.1 Å². The van der Waals surface area contributed by atoms with Crippen molar-refractivity contribution in [2.45, 2.75) is 38.8 Å². The van der Waals surface area contributed by atoms with E-state index >= 15 is 0 Å². The maximum absolute atomic E-state index is 13.3. The molecule has 1 heterocycles. The Balaban J connectivity index is 2.33. The lowest BCUT2D eigenvalue weighted by molar-refractivity contribution is 0.340. The molecule has 0 atom stereocenters. The molecule has 2 rings (SSSR count). The fraction of sp³-hybridized carbons (Fsp3) is 0.400. The third kappa shape index (κ3) is 3.01. The molecule has 0 saturated heterocycles. The van der Waals surface area contributed by atoms with E-state index < -0.39 is 0 Å². The zero-order valence-electron chi connectivity index (χ0n) is 11.4. The van der Waals surface area contributed by atoms with Crippen LogP contribution in [0.3, 0.4) is 0 Å². The summed E-state index contributed by atoms with van der Waals surface area (Å²) in [6.07, 6.45) is 5.29. The second-order valence-electron chi connectivity index (χ2n) is 4.99. The lowest BCUT2D eigenvalue weighted by atomic mass is 9.94. The predicted octanol–water partition coefficient (Wildman–Crippen LogP) is 3.21. The molecule has 0 fully saturated rings. The van der Waals surface area contributed by atoms with E-state index in [2.05, 4.69) is 18.8 Å². The molecule has 1 aromatic carbocycles. The number of imidazole rings is 1. The number of rotatable bonds is 5. The maximum atomic E-state index is 13.3. The highest BCUT2D eigenvalue weighted by molar-refractivity contribution is 5.58. The maximum Gasteiger partial charge on any atom is 0.123 e. The predicted molar refractivity (Wildman–Crippen MR) is 75.1 cm³/mol. The first-order chi connectivity index (χ1) is 9.08. The third-order valence-electron chi connectivity index (χ3n) is 3.73. The molecule has 0 bridgehead atoms. The second-order valence-corrected chi connectivity index (χ2v) is 4.99. The summed E-state index contributed by atoms with van der Waals surface area (Å²) >= 11 is 0. The Kier molecular flexibility index (Phi) is 4.00. The fourth-order valence-corrected chi connectivity index (χ4v) is 2.15. The molecule has 0 saturated carbocycles. The minimum atomic E-state index is -0.247. The van der Waals surface area contributed by atoms with Gasteiger partial charge in [-0.15, -0.1) is 0 Å². The van der Waals surface area contributed by atoms with E-state index in [-0.39, 0.29) is 11.4 Å². The molecule has 0 aliphatic rings. The average molecular weight is 261 g/mol.